The molecule has 0 radical (unpaired) electrons. The van der Waals surface area contributed by atoms with Gasteiger partial charge < -0.3 is 14.9 Å². The van der Waals surface area contributed by atoms with Crippen molar-refractivity contribution in [3.05, 3.63) is 48.6 Å². The number of nitrogens with zero attached hydrogens (tertiary/aromatic N) is 2. The minimum absolute atomic E-state index is 0.303. The third-order valence-electron chi connectivity index (χ3n) is 9.06. The number of aliphatic hydroxyl groups excluding tert-OH is 1. The third kappa shape index (κ3) is 37.3. The highest BCUT2D eigenvalue weighted by Crippen LogP contribution is 2.12. The molecule has 0 aliphatic carbocycles. The van der Waals surface area contributed by atoms with E-state index < -0.39 is 0 Å². The molecular weight excluding hydrogens is 560 g/mol. The van der Waals surface area contributed by atoms with Crippen molar-refractivity contribution in [3.8, 4) is 0 Å². The van der Waals surface area contributed by atoms with Gasteiger partial charge in [-0.05, 0) is 123 Å². The molecule has 0 spiro atoms. The lowest BCUT2D eigenvalue weighted by molar-refractivity contribution is 0.221. The molecule has 0 rings (SSSR count). The zero-order valence-corrected chi connectivity index (χ0v) is 31.6. The van der Waals surface area contributed by atoms with E-state index in [0.717, 1.165) is 32.4 Å². The molecule has 270 valence electrons. The Balaban J connectivity index is 3.97. The van der Waals surface area contributed by atoms with Crippen LogP contribution in [-0.4, -0.2) is 61.3 Å². The Morgan fingerprint density at radius 2 is 0.717 bits per heavy atom. The van der Waals surface area contributed by atoms with Gasteiger partial charge in [0, 0.05) is 13.2 Å². The monoisotopic (exact) mass is 643 g/mol. The number of allylic oxidation sites excluding steroid dienone is 8. The third-order valence-corrected chi connectivity index (χ3v) is 9.06. The van der Waals surface area contributed by atoms with Gasteiger partial charge in [0.2, 0.25) is 0 Å². The maximum atomic E-state index is 9.12. The molecule has 0 heterocycles. The normalized spacial score (nSPS) is 12.6. The molecule has 0 atom stereocenters. The summed E-state index contributed by atoms with van der Waals surface area (Å²) in [6, 6.07) is 0. The van der Waals surface area contributed by atoms with Crippen LogP contribution in [0.1, 0.15) is 181 Å². The van der Waals surface area contributed by atoms with Gasteiger partial charge in [-0.2, -0.15) is 0 Å². The van der Waals surface area contributed by atoms with Crippen molar-refractivity contribution in [3.63, 3.8) is 0 Å². The van der Waals surface area contributed by atoms with Crippen LogP contribution in [0.5, 0.6) is 0 Å². The molecule has 3 nitrogen and oxygen atoms in total. The van der Waals surface area contributed by atoms with Crippen LogP contribution >= 0.6 is 0 Å². The zero-order valence-electron chi connectivity index (χ0n) is 31.6. The Morgan fingerprint density at radius 3 is 1.13 bits per heavy atom. The first-order valence-corrected chi connectivity index (χ1v) is 20.4. The van der Waals surface area contributed by atoms with Gasteiger partial charge in [0.25, 0.3) is 0 Å². The highest BCUT2D eigenvalue weighted by molar-refractivity contribution is 4.93. The van der Waals surface area contributed by atoms with Gasteiger partial charge in [0.1, 0.15) is 0 Å². The minimum Gasteiger partial charge on any atom is -0.396 e. The summed E-state index contributed by atoms with van der Waals surface area (Å²) >= 11 is 0. The van der Waals surface area contributed by atoms with Crippen LogP contribution in [0, 0.1) is 0 Å². The number of aliphatic hydroxyl groups is 1. The van der Waals surface area contributed by atoms with E-state index in [4.69, 9.17) is 5.11 Å². The summed E-state index contributed by atoms with van der Waals surface area (Å²) in [5.74, 6) is 0. The second-order valence-electron chi connectivity index (χ2n) is 13.7. The number of hydrogen-bond donors (Lipinski definition) is 1. The highest BCUT2D eigenvalue weighted by atomic mass is 16.3. The Hall–Kier alpha value is -1.16. The van der Waals surface area contributed by atoms with Crippen LogP contribution in [0.25, 0.3) is 0 Å². The van der Waals surface area contributed by atoms with Crippen molar-refractivity contribution in [1.29, 1.82) is 0 Å². The van der Waals surface area contributed by atoms with Crippen LogP contribution in [0.15, 0.2) is 48.6 Å². The molecule has 0 aromatic carbocycles. The van der Waals surface area contributed by atoms with Gasteiger partial charge in [0.15, 0.2) is 0 Å². The van der Waals surface area contributed by atoms with E-state index in [-0.39, 0.29) is 0 Å². The van der Waals surface area contributed by atoms with E-state index in [0.29, 0.717) is 6.61 Å². The summed E-state index contributed by atoms with van der Waals surface area (Å²) in [5, 5.41) is 9.12. The molecule has 0 aliphatic rings. The first-order chi connectivity index (χ1) is 22.7. The average molecular weight is 643 g/mol. The topological polar surface area (TPSA) is 26.7 Å². The van der Waals surface area contributed by atoms with E-state index >= 15 is 0 Å². The lowest BCUT2D eigenvalue weighted by Gasteiger charge is -2.24. The maximum Gasteiger partial charge on any atom is 0.0443 e. The fourth-order valence-corrected chi connectivity index (χ4v) is 6.00. The summed E-state index contributed by atoms with van der Waals surface area (Å²) in [6.45, 7) is 10.8. The molecule has 0 unspecified atom stereocenters. The Labute approximate surface area is 290 Å². The van der Waals surface area contributed by atoms with E-state index in [1.165, 1.54) is 167 Å². The number of rotatable bonds is 37. The van der Waals surface area contributed by atoms with Gasteiger partial charge in [-0.1, -0.05) is 140 Å². The number of unbranched alkanes of at least 4 members (excludes halogenated alkanes) is 18. The van der Waals surface area contributed by atoms with Gasteiger partial charge >= 0.3 is 0 Å². The van der Waals surface area contributed by atoms with E-state index in [2.05, 4.69) is 79.3 Å². The Morgan fingerprint density at radius 1 is 0.370 bits per heavy atom. The van der Waals surface area contributed by atoms with Gasteiger partial charge in [-0.25, -0.2) is 0 Å². The van der Waals surface area contributed by atoms with Crippen LogP contribution in [0.4, 0.5) is 0 Å². The van der Waals surface area contributed by atoms with Crippen molar-refractivity contribution in [2.24, 2.45) is 0 Å². The standard InChI is InChI=1S/C43H82N2O/c1-4-6-8-10-12-14-16-18-20-22-24-26-28-30-32-34-40-45(42-36-38-44(3)39-37-43-46)41-35-33-31-29-27-25-23-21-19-17-15-13-11-9-7-5-2/h12-15,18-21,46H,4-11,16-17,22-43H2,1-3H3/b14-12-,15-13-,20-18-,21-19-. The van der Waals surface area contributed by atoms with Crippen molar-refractivity contribution in [2.45, 2.75) is 181 Å². The fraction of sp³-hybridized carbons (Fsp3) is 0.814. The molecule has 0 aromatic rings. The maximum absolute atomic E-state index is 9.12. The SMILES string of the molecule is CCCCC/C=C\C/C=C\CCCCCCCCN(CCCCCCCC/C=C\C/C=C\CCCCC)CCCN(C)CCCO. The predicted octanol–water partition coefficient (Wildman–Crippen LogP) is 12.6. The summed E-state index contributed by atoms with van der Waals surface area (Å²) in [6.07, 6.45) is 52.8. The molecule has 0 bridgehead atoms. The summed E-state index contributed by atoms with van der Waals surface area (Å²) < 4.78 is 0. The fourth-order valence-electron chi connectivity index (χ4n) is 6.00. The highest BCUT2D eigenvalue weighted by Gasteiger charge is 2.06. The second-order valence-corrected chi connectivity index (χ2v) is 13.7. The molecule has 3 heteroatoms. The largest absolute Gasteiger partial charge is 0.396 e. The van der Waals surface area contributed by atoms with Crippen LogP contribution in [0.3, 0.4) is 0 Å². The zero-order chi connectivity index (χ0) is 33.4. The summed E-state index contributed by atoms with van der Waals surface area (Å²) in [4.78, 5) is 5.14. The summed E-state index contributed by atoms with van der Waals surface area (Å²) in [7, 11) is 2.20. The van der Waals surface area contributed by atoms with Crippen molar-refractivity contribution < 1.29 is 5.11 Å². The van der Waals surface area contributed by atoms with E-state index in [1.54, 1.807) is 0 Å². The van der Waals surface area contributed by atoms with Gasteiger partial charge in [-0.15, -0.1) is 0 Å². The number of hydrogen-bond acceptors (Lipinski definition) is 3. The molecule has 0 aliphatic heterocycles. The predicted molar refractivity (Wildman–Crippen MR) is 209 cm³/mol. The second kappa shape index (κ2) is 40.0. The first kappa shape index (κ1) is 44.8. The lowest BCUT2D eigenvalue weighted by atomic mass is 10.1. The van der Waals surface area contributed by atoms with Gasteiger partial charge in [0.05, 0.1) is 0 Å². The molecule has 0 saturated carbocycles. The van der Waals surface area contributed by atoms with Gasteiger partial charge in [-0.3, -0.25) is 0 Å². The quantitative estimate of drug-likeness (QED) is 0.0539. The molecule has 0 aromatic heterocycles. The van der Waals surface area contributed by atoms with Crippen molar-refractivity contribution in [1.82, 2.24) is 9.80 Å². The minimum atomic E-state index is 0.303. The molecule has 0 fully saturated rings. The van der Waals surface area contributed by atoms with E-state index in [1.807, 2.05) is 0 Å². The summed E-state index contributed by atoms with van der Waals surface area (Å²) in [5.41, 5.74) is 0. The smallest absolute Gasteiger partial charge is 0.0443 e. The average Bonchev–Trinajstić information content (AvgIpc) is 3.06. The first-order valence-electron chi connectivity index (χ1n) is 20.4. The molecule has 46 heavy (non-hydrogen) atoms. The molecule has 0 saturated heterocycles. The van der Waals surface area contributed by atoms with Crippen LogP contribution < -0.4 is 0 Å². The van der Waals surface area contributed by atoms with E-state index in [9.17, 15) is 0 Å². The molecule has 1 N–H and O–H groups in total. The van der Waals surface area contributed by atoms with Crippen LogP contribution in [-0.2, 0) is 0 Å². The van der Waals surface area contributed by atoms with Crippen molar-refractivity contribution in [2.75, 3.05) is 46.4 Å². The molecule has 0 amide bonds. The lowest BCUT2D eigenvalue weighted by Crippen LogP contribution is -2.30. The molecular formula is C43H82N2O. The van der Waals surface area contributed by atoms with Crippen molar-refractivity contribution >= 4 is 0 Å². The van der Waals surface area contributed by atoms with Crippen LogP contribution in [0.2, 0.25) is 0 Å². The Bertz CT molecular complexity index is 634. The Kier molecular flexibility index (Phi) is 39.0.